The molecule has 9 heteroatoms. The van der Waals surface area contributed by atoms with E-state index in [1.165, 1.54) is 35.0 Å². The normalized spacial score (nSPS) is 10.9. The highest BCUT2D eigenvalue weighted by molar-refractivity contribution is 6.05. The summed E-state index contributed by atoms with van der Waals surface area (Å²) in [5, 5.41) is 27.7. The van der Waals surface area contributed by atoms with Gasteiger partial charge in [-0.15, -0.1) is 5.11 Å². The molecular formula is C28H30N6O3. The quantitative estimate of drug-likeness (QED) is 0.0840. The van der Waals surface area contributed by atoms with E-state index in [4.69, 9.17) is 15.7 Å². The summed E-state index contributed by atoms with van der Waals surface area (Å²) in [6.07, 6.45) is 1.05. The van der Waals surface area contributed by atoms with Gasteiger partial charge in [-0.2, -0.15) is 0 Å². The molecule has 0 aliphatic carbocycles. The number of carbonyl (C=O) groups is 1. The van der Waals surface area contributed by atoms with Gasteiger partial charge >= 0.3 is 0 Å². The number of aromatic nitrogens is 1. The van der Waals surface area contributed by atoms with Crippen LogP contribution in [0.4, 0.5) is 5.69 Å². The van der Waals surface area contributed by atoms with Gasteiger partial charge in [0.25, 0.3) is 5.91 Å². The first kappa shape index (κ1) is 25.6. The van der Waals surface area contributed by atoms with Crippen molar-refractivity contribution in [3.63, 3.8) is 0 Å². The molecule has 3 aromatic carbocycles. The molecule has 1 aromatic heterocycles. The maximum Gasteiger partial charge on any atom is 0.255 e. The molecule has 0 aliphatic heterocycles. The number of amides is 1. The molecule has 0 bridgehead atoms. The van der Waals surface area contributed by atoms with Crippen LogP contribution in [0.15, 0.2) is 65.8 Å². The van der Waals surface area contributed by atoms with Crippen molar-refractivity contribution in [2.24, 2.45) is 5.11 Å². The minimum absolute atomic E-state index is 0.114. The number of hydrogen-bond donors (Lipinski definition) is 5. The first-order valence-electron chi connectivity index (χ1n) is 11.9. The summed E-state index contributed by atoms with van der Waals surface area (Å²) in [5.41, 5.74) is 11.5. The lowest BCUT2D eigenvalue weighted by Gasteiger charge is -2.10. The van der Waals surface area contributed by atoms with Crippen LogP contribution >= 0.6 is 0 Å². The van der Waals surface area contributed by atoms with E-state index in [1.54, 1.807) is 24.3 Å². The van der Waals surface area contributed by atoms with E-state index in [0.29, 0.717) is 17.0 Å². The maximum absolute atomic E-state index is 12.7. The van der Waals surface area contributed by atoms with Crippen molar-refractivity contribution in [2.45, 2.75) is 26.8 Å². The van der Waals surface area contributed by atoms with Crippen LogP contribution in [0.1, 0.15) is 33.6 Å². The van der Waals surface area contributed by atoms with Gasteiger partial charge in [0, 0.05) is 40.5 Å². The Bertz CT molecular complexity index is 1470. The Morgan fingerprint density at radius 2 is 1.78 bits per heavy atom. The van der Waals surface area contributed by atoms with Gasteiger partial charge in [-0.1, -0.05) is 0 Å². The van der Waals surface area contributed by atoms with E-state index in [1.807, 2.05) is 13.1 Å². The van der Waals surface area contributed by atoms with Crippen molar-refractivity contribution in [3.8, 4) is 17.2 Å². The fourth-order valence-electron chi connectivity index (χ4n) is 4.28. The Morgan fingerprint density at radius 3 is 2.46 bits per heavy atom. The fourth-order valence-corrected chi connectivity index (χ4v) is 4.28. The number of aryl methyl sites for hydroxylation is 2. The molecule has 1 heterocycles. The SMILES string of the molecule is CNCCCn1c(C)c(C)c2cc(Oc3ccc(C(=O)Nc4ccc(C(=N)N=N)c(O)c4)cc3)ccc21. The molecule has 190 valence electrons. The Labute approximate surface area is 215 Å². The molecule has 0 spiro atoms. The standard InChI is InChI=1S/C28H30N6O3/c1-17-18(2)34(14-4-13-31-3)25-12-10-22(16-24(17)25)37-21-8-5-19(6-9-21)28(36)32-20-7-11-23(26(35)15-20)27(29)33-30/h5-12,15-16,29-31,35H,4,13-14H2,1-3H3,(H,32,36). The summed E-state index contributed by atoms with van der Waals surface area (Å²) >= 11 is 0. The number of nitrogens with one attached hydrogen (secondary N) is 4. The summed E-state index contributed by atoms with van der Waals surface area (Å²) in [4.78, 5) is 12.7. The third kappa shape index (κ3) is 5.52. The van der Waals surface area contributed by atoms with Crippen molar-refractivity contribution >= 4 is 28.3 Å². The van der Waals surface area contributed by atoms with Crippen molar-refractivity contribution in [3.05, 3.63) is 83.0 Å². The van der Waals surface area contributed by atoms with Crippen LogP contribution in [0.25, 0.3) is 10.9 Å². The van der Waals surface area contributed by atoms with Crippen LogP contribution in [0.5, 0.6) is 17.2 Å². The van der Waals surface area contributed by atoms with Crippen LogP contribution in [0.2, 0.25) is 0 Å². The number of amidine groups is 1. The minimum atomic E-state index is -0.363. The van der Waals surface area contributed by atoms with Gasteiger partial charge < -0.3 is 25.0 Å². The molecule has 0 atom stereocenters. The molecule has 0 aliphatic rings. The third-order valence-electron chi connectivity index (χ3n) is 6.39. The first-order valence-corrected chi connectivity index (χ1v) is 11.9. The lowest BCUT2D eigenvalue weighted by Crippen LogP contribution is -2.11. The second-order valence-corrected chi connectivity index (χ2v) is 8.77. The van der Waals surface area contributed by atoms with Gasteiger partial charge in [0.1, 0.15) is 17.2 Å². The number of carbonyl (C=O) groups excluding carboxylic acids is 1. The van der Waals surface area contributed by atoms with Gasteiger partial charge in [-0.3, -0.25) is 10.2 Å². The second-order valence-electron chi connectivity index (χ2n) is 8.77. The molecule has 0 unspecified atom stereocenters. The minimum Gasteiger partial charge on any atom is -0.507 e. The average Bonchev–Trinajstić information content (AvgIpc) is 3.13. The molecule has 0 saturated heterocycles. The van der Waals surface area contributed by atoms with Gasteiger partial charge in [0.05, 0.1) is 5.56 Å². The average molecular weight is 499 g/mol. The highest BCUT2D eigenvalue weighted by Crippen LogP contribution is 2.31. The van der Waals surface area contributed by atoms with Gasteiger partial charge in [-0.25, -0.2) is 5.53 Å². The van der Waals surface area contributed by atoms with Crippen LogP contribution in [-0.2, 0) is 6.54 Å². The Kier molecular flexibility index (Phi) is 7.64. The van der Waals surface area contributed by atoms with E-state index < -0.39 is 0 Å². The number of anilines is 1. The topological polar surface area (TPSA) is 136 Å². The van der Waals surface area contributed by atoms with Gasteiger partial charge in [0.15, 0.2) is 5.84 Å². The molecule has 1 amide bonds. The molecule has 0 fully saturated rings. The molecule has 0 saturated carbocycles. The van der Waals surface area contributed by atoms with E-state index in [0.717, 1.165) is 30.6 Å². The monoisotopic (exact) mass is 498 g/mol. The lowest BCUT2D eigenvalue weighted by molar-refractivity contribution is 0.102. The van der Waals surface area contributed by atoms with E-state index in [2.05, 4.69) is 46.3 Å². The largest absolute Gasteiger partial charge is 0.507 e. The number of phenols is 1. The van der Waals surface area contributed by atoms with E-state index >= 15 is 0 Å². The van der Waals surface area contributed by atoms with Gasteiger partial charge in [0.2, 0.25) is 0 Å². The fraction of sp³-hybridized carbons (Fsp3) is 0.214. The highest BCUT2D eigenvalue weighted by atomic mass is 16.5. The van der Waals surface area contributed by atoms with Crippen LogP contribution in [-0.4, -0.2) is 35.0 Å². The van der Waals surface area contributed by atoms with Crippen LogP contribution < -0.4 is 15.4 Å². The Hall–Kier alpha value is -4.50. The molecule has 37 heavy (non-hydrogen) atoms. The van der Waals surface area contributed by atoms with Crippen LogP contribution in [0.3, 0.4) is 0 Å². The number of rotatable bonds is 9. The number of fused-ring (bicyclic) bond motifs is 1. The number of hydrogen-bond acceptors (Lipinski definition) is 6. The predicted molar refractivity (Wildman–Crippen MR) is 145 cm³/mol. The smallest absolute Gasteiger partial charge is 0.255 e. The Balaban J connectivity index is 1.45. The lowest BCUT2D eigenvalue weighted by atomic mass is 10.1. The van der Waals surface area contributed by atoms with Crippen molar-refractivity contribution in [1.82, 2.24) is 9.88 Å². The highest BCUT2D eigenvalue weighted by Gasteiger charge is 2.13. The van der Waals surface area contributed by atoms with E-state index in [-0.39, 0.29) is 23.1 Å². The van der Waals surface area contributed by atoms with Crippen molar-refractivity contribution < 1.29 is 14.6 Å². The molecule has 5 N–H and O–H groups in total. The zero-order valence-corrected chi connectivity index (χ0v) is 21.1. The number of phenolic OH excluding ortho intramolecular Hbond substituents is 1. The zero-order valence-electron chi connectivity index (χ0n) is 21.1. The Morgan fingerprint density at radius 1 is 1.05 bits per heavy atom. The number of ether oxygens (including phenoxy) is 1. The molecule has 9 nitrogen and oxygen atoms in total. The summed E-state index contributed by atoms with van der Waals surface area (Å²) in [6.45, 7) is 6.20. The number of aromatic hydroxyl groups is 1. The molecule has 4 aromatic rings. The summed E-state index contributed by atoms with van der Waals surface area (Å²) < 4.78 is 8.42. The summed E-state index contributed by atoms with van der Waals surface area (Å²) in [6, 6.07) is 17.2. The van der Waals surface area contributed by atoms with Gasteiger partial charge in [-0.05, 0) is 94.0 Å². The van der Waals surface area contributed by atoms with Crippen molar-refractivity contribution in [1.29, 1.82) is 10.9 Å². The van der Waals surface area contributed by atoms with Crippen molar-refractivity contribution in [2.75, 3.05) is 18.9 Å². The predicted octanol–water partition coefficient (Wildman–Crippen LogP) is 5.97. The maximum atomic E-state index is 12.7. The number of nitrogens with zero attached hydrogens (tertiary/aromatic N) is 2. The second kappa shape index (κ2) is 11.0. The zero-order chi connectivity index (χ0) is 26.5. The summed E-state index contributed by atoms with van der Waals surface area (Å²) in [7, 11) is 1.96. The van der Waals surface area contributed by atoms with Crippen LogP contribution in [0, 0.1) is 24.8 Å². The molecule has 4 rings (SSSR count). The number of benzene rings is 3. The third-order valence-corrected chi connectivity index (χ3v) is 6.39. The summed E-state index contributed by atoms with van der Waals surface area (Å²) in [5.74, 6) is 0.376. The molecular weight excluding hydrogens is 468 g/mol. The molecule has 0 radical (unpaired) electrons. The first-order chi connectivity index (χ1) is 17.8. The van der Waals surface area contributed by atoms with E-state index in [9.17, 15) is 9.90 Å².